The van der Waals surface area contributed by atoms with Gasteiger partial charge in [-0.05, 0) is 82.3 Å². The van der Waals surface area contributed by atoms with Gasteiger partial charge in [-0.25, -0.2) is 4.98 Å². The Labute approximate surface area is 170 Å². The Morgan fingerprint density at radius 3 is 2.36 bits per heavy atom. The first-order valence-corrected chi connectivity index (χ1v) is 11.6. The van der Waals surface area contributed by atoms with Gasteiger partial charge >= 0.3 is 0 Å². The van der Waals surface area contributed by atoms with E-state index in [-0.39, 0.29) is 17.0 Å². The molecule has 0 saturated heterocycles. The van der Waals surface area contributed by atoms with Crippen LogP contribution in [0.3, 0.4) is 0 Å². The Kier molecular flexibility index (Phi) is 4.42. The number of Topliss-reactive ketones (excluding diaryl/α,β-unsaturated/α-hetero) is 1. The first-order valence-electron chi connectivity index (χ1n) is 10.6. The van der Waals surface area contributed by atoms with Crippen LogP contribution in [-0.4, -0.2) is 21.1 Å². The molecule has 1 aromatic carbocycles. The molecule has 0 radical (unpaired) electrons. The third kappa shape index (κ3) is 2.94. The normalized spacial score (nSPS) is 31.0. The molecule has 4 aliphatic carbocycles. The van der Waals surface area contributed by atoms with Gasteiger partial charge in [0.05, 0.1) is 16.7 Å². The van der Waals surface area contributed by atoms with Crippen molar-refractivity contribution in [2.45, 2.75) is 63.6 Å². The minimum atomic E-state index is -0.0818. The van der Waals surface area contributed by atoms with Crippen molar-refractivity contribution in [2.75, 3.05) is 5.75 Å². The van der Waals surface area contributed by atoms with E-state index >= 15 is 0 Å². The number of benzene rings is 1. The largest absolute Gasteiger partial charge is 0.298 e. The number of ketones is 1. The summed E-state index contributed by atoms with van der Waals surface area (Å²) >= 11 is 1.46. The third-order valence-electron chi connectivity index (χ3n) is 7.25. The van der Waals surface area contributed by atoms with Crippen molar-refractivity contribution in [3.8, 4) is 0 Å². The van der Waals surface area contributed by atoms with Crippen LogP contribution < -0.4 is 5.56 Å². The SMILES string of the molecule is CC(C)n1c(SCC(=O)C23CC4CC(CC(C4)C2)C3)nc2ccccc2c1=O. The van der Waals surface area contributed by atoms with Crippen LogP contribution in [-0.2, 0) is 4.79 Å². The van der Waals surface area contributed by atoms with Crippen LogP contribution >= 0.6 is 11.8 Å². The van der Waals surface area contributed by atoms with Gasteiger partial charge < -0.3 is 0 Å². The van der Waals surface area contributed by atoms with Gasteiger partial charge in [-0.3, -0.25) is 14.2 Å². The number of carbonyl (C=O) groups is 1. The van der Waals surface area contributed by atoms with Crippen LogP contribution in [0, 0.1) is 23.2 Å². The average Bonchev–Trinajstić information content (AvgIpc) is 2.64. The van der Waals surface area contributed by atoms with Crippen LogP contribution in [0.15, 0.2) is 34.2 Å². The summed E-state index contributed by atoms with van der Waals surface area (Å²) in [7, 11) is 0. The molecule has 4 saturated carbocycles. The molecule has 0 atom stereocenters. The lowest BCUT2D eigenvalue weighted by Gasteiger charge is -2.56. The van der Waals surface area contributed by atoms with Gasteiger partial charge in [-0.1, -0.05) is 23.9 Å². The molecule has 0 spiro atoms. The minimum Gasteiger partial charge on any atom is -0.298 e. The van der Waals surface area contributed by atoms with E-state index in [1.165, 1.54) is 31.0 Å². The van der Waals surface area contributed by atoms with Gasteiger partial charge in [-0.15, -0.1) is 0 Å². The molecule has 2 aromatic rings. The predicted octanol–water partition coefficient (Wildman–Crippen LogP) is 4.86. The Balaban J connectivity index is 1.42. The lowest BCUT2D eigenvalue weighted by atomic mass is 9.48. The number of nitrogens with zero attached hydrogens (tertiary/aromatic N) is 2. The van der Waals surface area contributed by atoms with E-state index in [0.717, 1.165) is 37.0 Å². The molecule has 4 fully saturated rings. The standard InChI is InChI=1S/C23H28N2O2S/c1-14(2)25-21(27)18-5-3-4-6-19(18)24-22(25)28-13-20(26)23-10-15-7-16(11-23)9-17(8-15)12-23/h3-6,14-17H,7-13H2,1-2H3. The van der Waals surface area contributed by atoms with Crippen LogP contribution in [0.1, 0.15) is 58.4 Å². The number of rotatable bonds is 5. The van der Waals surface area contributed by atoms with Crippen molar-refractivity contribution in [3.05, 3.63) is 34.6 Å². The average molecular weight is 397 g/mol. The number of para-hydroxylation sites is 1. The Morgan fingerprint density at radius 1 is 1.14 bits per heavy atom. The second-order valence-corrected chi connectivity index (χ2v) is 10.5. The zero-order valence-electron chi connectivity index (χ0n) is 16.7. The molecular formula is C23H28N2O2S. The van der Waals surface area contributed by atoms with Crippen LogP contribution in [0.25, 0.3) is 10.9 Å². The van der Waals surface area contributed by atoms with E-state index in [0.29, 0.717) is 27.6 Å². The van der Waals surface area contributed by atoms with E-state index < -0.39 is 0 Å². The summed E-state index contributed by atoms with van der Waals surface area (Å²) in [6.45, 7) is 4.01. The molecule has 0 N–H and O–H groups in total. The summed E-state index contributed by atoms with van der Waals surface area (Å²) in [6.07, 6.45) is 7.33. The third-order valence-corrected chi connectivity index (χ3v) is 8.21. The van der Waals surface area contributed by atoms with E-state index in [9.17, 15) is 9.59 Å². The number of carbonyl (C=O) groups excluding carboxylic acids is 1. The topological polar surface area (TPSA) is 52.0 Å². The smallest absolute Gasteiger partial charge is 0.262 e. The van der Waals surface area contributed by atoms with Crippen molar-refractivity contribution in [2.24, 2.45) is 23.2 Å². The Morgan fingerprint density at radius 2 is 1.75 bits per heavy atom. The summed E-state index contributed by atoms with van der Waals surface area (Å²) < 4.78 is 1.75. The Bertz CT molecular complexity index is 958. The number of hydrogen-bond acceptors (Lipinski definition) is 4. The lowest BCUT2D eigenvalue weighted by Crippen LogP contribution is -2.50. The molecule has 4 bridgehead atoms. The van der Waals surface area contributed by atoms with E-state index in [2.05, 4.69) is 0 Å². The predicted molar refractivity (Wildman–Crippen MR) is 113 cm³/mol. The first kappa shape index (κ1) is 18.4. The molecule has 1 aromatic heterocycles. The van der Waals surface area contributed by atoms with Crippen LogP contribution in [0.4, 0.5) is 0 Å². The number of thioether (sulfide) groups is 1. The van der Waals surface area contributed by atoms with Gasteiger partial charge in [0.1, 0.15) is 5.78 Å². The van der Waals surface area contributed by atoms with E-state index in [1.54, 1.807) is 4.57 Å². The number of fused-ring (bicyclic) bond motifs is 1. The van der Waals surface area contributed by atoms with Gasteiger partial charge in [0, 0.05) is 11.5 Å². The Hall–Kier alpha value is -1.62. The molecule has 28 heavy (non-hydrogen) atoms. The molecule has 4 nitrogen and oxygen atoms in total. The zero-order valence-corrected chi connectivity index (χ0v) is 17.5. The minimum absolute atomic E-state index is 0.00893. The maximum Gasteiger partial charge on any atom is 0.262 e. The van der Waals surface area contributed by atoms with Gasteiger partial charge in [-0.2, -0.15) is 0 Å². The zero-order chi connectivity index (χ0) is 19.5. The van der Waals surface area contributed by atoms with Crippen molar-refractivity contribution in [3.63, 3.8) is 0 Å². The van der Waals surface area contributed by atoms with E-state index in [1.807, 2.05) is 38.1 Å². The fourth-order valence-corrected chi connectivity index (χ4v) is 7.58. The molecule has 0 aliphatic heterocycles. The molecule has 0 amide bonds. The summed E-state index contributed by atoms with van der Waals surface area (Å²) in [6, 6.07) is 7.51. The van der Waals surface area contributed by atoms with Crippen molar-refractivity contribution >= 4 is 28.4 Å². The number of aromatic nitrogens is 2. The highest BCUT2D eigenvalue weighted by Crippen LogP contribution is 2.60. The first-order chi connectivity index (χ1) is 13.4. The van der Waals surface area contributed by atoms with Crippen LogP contribution in [0.2, 0.25) is 0 Å². The van der Waals surface area contributed by atoms with Crippen molar-refractivity contribution in [1.82, 2.24) is 9.55 Å². The molecule has 1 heterocycles. The fourth-order valence-electron chi connectivity index (χ4n) is 6.42. The molecule has 6 rings (SSSR count). The van der Waals surface area contributed by atoms with Gasteiger partial charge in [0.15, 0.2) is 5.16 Å². The second-order valence-electron chi connectivity index (χ2n) is 9.59. The van der Waals surface area contributed by atoms with Crippen LogP contribution in [0.5, 0.6) is 0 Å². The summed E-state index contributed by atoms with van der Waals surface area (Å²) in [5.41, 5.74) is 0.626. The highest BCUT2D eigenvalue weighted by atomic mass is 32.2. The summed E-state index contributed by atoms with van der Waals surface area (Å²) in [5.74, 6) is 3.15. The molecule has 148 valence electrons. The quantitative estimate of drug-likeness (QED) is 0.535. The van der Waals surface area contributed by atoms with Gasteiger partial charge in [0.25, 0.3) is 5.56 Å². The van der Waals surface area contributed by atoms with Gasteiger partial charge in [0.2, 0.25) is 0 Å². The highest BCUT2D eigenvalue weighted by molar-refractivity contribution is 7.99. The number of hydrogen-bond donors (Lipinski definition) is 0. The second kappa shape index (κ2) is 6.72. The monoisotopic (exact) mass is 396 g/mol. The van der Waals surface area contributed by atoms with Crippen molar-refractivity contribution < 1.29 is 4.79 Å². The maximum absolute atomic E-state index is 13.4. The lowest BCUT2D eigenvalue weighted by molar-refractivity contribution is -0.141. The molecular weight excluding hydrogens is 368 g/mol. The maximum atomic E-state index is 13.4. The van der Waals surface area contributed by atoms with E-state index in [4.69, 9.17) is 4.98 Å². The van der Waals surface area contributed by atoms with Crippen molar-refractivity contribution in [1.29, 1.82) is 0 Å². The summed E-state index contributed by atoms with van der Waals surface area (Å²) in [4.78, 5) is 31.1. The molecule has 0 unspecified atom stereocenters. The fraction of sp³-hybridized carbons (Fsp3) is 0.609. The molecule has 4 aliphatic rings. The molecule has 5 heteroatoms. The highest BCUT2D eigenvalue weighted by Gasteiger charge is 2.54. The summed E-state index contributed by atoms with van der Waals surface area (Å²) in [5, 5.41) is 1.32.